The molecular weight excluding hydrogens is 349 g/mol. The second-order valence-electron chi connectivity index (χ2n) is 2.27. The van der Waals surface area contributed by atoms with Crippen molar-refractivity contribution in [1.82, 2.24) is 5.32 Å². The molecular formula is C8H7BrINO2. The van der Waals surface area contributed by atoms with Crippen LogP contribution in [0.4, 0.5) is 0 Å². The quantitative estimate of drug-likeness (QED) is 0.668. The Labute approximate surface area is 98.7 Å². The SMILES string of the molecule is O=C(NCOI)c1ccc(Br)cc1. The highest BCUT2D eigenvalue weighted by molar-refractivity contribution is 14.1. The molecule has 0 atom stereocenters. The van der Waals surface area contributed by atoms with Crippen LogP contribution in [0.2, 0.25) is 0 Å². The van der Waals surface area contributed by atoms with Crippen LogP contribution in [0.1, 0.15) is 10.4 Å². The van der Waals surface area contributed by atoms with E-state index < -0.39 is 0 Å². The van der Waals surface area contributed by atoms with Gasteiger partial charge in [-0.15, -0.1) is 0 Å². The van der Waals surface area contributed by atoms with Gasteiger partial charge in [-0.3, -0.25) is 7.86 Å². The first-order valence-corrected chi connectivity index (χ1v) is 5.18. The maximum absolute atomic E-state index is 11.3. The summed E-state index contributed by atoms with van der Waals surface area (Å²) in [6.45, 7) is 0.218. The van der Waals surface area contributed by atoms with Gasteiger partial charge in [-0.1, -0.05) is 15.9 Å². The highest BCUT2D eigenvalue weighted by Crippen LogP contribution is 2.10. The van der Waals surface area contributed by atoms with Gasteiger partial charge in [0.2, 0.25) is 0 Å². The van der Waals surface area contributed by atoms with Crippen LogP contribution in [0.15, 0.2) is 28.7 Å². The normalized spacial score (nSPS) is 9.69. The van der Waals surface area contributed by atoms with Gasteiger partial charge in [0.25, 0.3) is 5.91 Å². The summed E-state index contributed by atoms with van der Waals surface area (Å²) in [4.78, 5) is 11.3. The largest absolute Gasteiger partial charge is 0.328 e. The summed E-state index contributed by atoms with van der Waals surface area (Å²) < 4.78 is 5.64. The molecule has 0 fully saturated rings. The lowest BCUT2D eigenvalue weighted by Gasteiger charge is -2.02. The molecule has 0 heterocycles. The molecule has 1 aromatic carbocycles. The Morgan fingerprint density at radius 3 is 2.62 bits per heavy atom. The van der Waals surface area contributed by atoms with Crippen LogP contribution in [0.3, 0.4) is 0 Å². The monoisotopic (exact) mass is 355 g/mol. The number of nitrogens with one attached hydrogen (secondary N) is 1. The van der Waals surface area contributed by atoms with Crippen LogP contribution < -0.4 is 5.32 Å². The summed E-state index contributed by atoms with van der Waals surface area (Å²) in [5.74, 6) is -0.135. The molecule has 13 heavy (non-hydrogen) atoms. The Balaban J connectivity index is 2.61. The van der Waals surface area contributed by atoms with E-state index in [9.17, 15) is 4.79 Å². The molecule has 0 unspecified atom stereocenters. The number of halogens is 2. The molecule has 0 radical (unpaired) electrons. The Bertz CT molecular complexity index is 289. The average Bonchev–Trinajstić information content (AvgIpc) is 2.15. The van der Waals surface area contributed by atoms with Gasteiger partial charge in [-0.25, -0.2) is 0 Å². The van der Waals surface area contributed by atoms with Crippen LogP contribution in [0, 0.1) is 0 Å². The van der Waals surface area contributed by atoms with E-state index in [1.54, 1.807) is 35.1 Å². The van der Waals surface area contributed by atoms with Gasteiger partial charge in [-0.05, 0) is 24.3 Å². The van der Waals surface area contributed by atoms with Crippen molar-refractivity contribution < 1.29 is 7.86 Å². The molecule has 0 aromatic heterocycles. The molecule has 0 aliphatic carbocycles. The molecule has 0 aliphatic heterocycles. The highest BCUT2D eigenvalue weighted by Gasteiger charge is 2.02. The molecule has 3 nitrogen and oxygen atoms in total. The fraction of sp³-hybridized carbons (Fsp3) is 0.125. The number of hydrogen-bond donors (Lipinski definition) is 1. The Kier molecular flexibility index (Phi) is 4.68. The van der Waals surface area contributed by atoms with Crippen molar-refractivity contribution in [3.05, 3.63) is 34.3 Å². The van der Waals surface area contributed by atoms with Gasteiger partial charge in [0, 0.05) is 10.0 Å². The summed E-state index contributed by atoms with van der Waals surface area (Å²) in [5.41, 5.74) is 0.622. The maximum atomic E-state index is 11.3. The lowest BCUT2D eigenvalue weighted by molar-refractivity contribution is 0.0932. The van der Waals surface area contributed by atoms with Gasteiger partial charge in [0.05, 0.1) is 0 Å². The molecule has 0 saturated heterocycles. The molecule has 0 saturated carbocycles. The van der Waals surface area contributed by atoms with Crippen LogP contribution >= 0.6 is 38.9 Å². The Morgan fingerprint density at radius 1 is 1.46 bits per heavy atom. The van der Waals surface area contributed by atoms with Gasteiger partial charge in [-0.2, -0.15) is 0 Å². The molecule has 0 aliphatic rings. The minimum absolute atomic E-state index is 0.135. The molecule has 1 amide bonds. The van der Waals surface area contributed by atoms with E-state index in [0.717, 1.165) is 4.47 Å². The molecule has 1 rings (SSSR count). The van der Waals surface area contributed by atoms with Gasteiger partial charge in [0.1, 0.15) is 29.7 Å². The topological polar surface area (TPSA) is 38.3 Å². The van der Waals surface area contributed by atoms with E-state index in [1.807, 2.05) is 12.1 Å². The van der Waals surface area contributed by atoms with Crippen molar-refractivity contribution in [1.29, 1.82) is 0 Å². The molecule has 1 N–H and O–H groups in total. The minimum Gasteiger partial charge on any atom is -0.328 e. The van der Waals surface area contributed by atoms with Crippen LogP contribution in [-0.4, -0.2) is 12.6 Å². The van der Waals surface area contributed by atoms with Crippen LogP contribution in [-0.2, 0) is 3.07 Å². The summed E-state index contributed by atoms with van der Waals surface area (Å²) in [6.07, 6.45) is 0. The zero-order valence-corrected chi connectivity index (χ0v) is 10.3. The number of carbonyl (C=O) groups is 1. The maximum Gasteiger partial charge on any atom is 0.253 e. The average molecular weight is 356 g/mol. The van der Waals surface area contributed by atoms with Crippen molar-refractivity contribution >= 4 is 44.8 Å². The summed E-state index contributed by atoms with van der Waals surface area (Å²) in [5, 5.41) is 2.58. The first-order chi connectivity index (χ1) is 6.24. The molecule has 0 bridgehead atoms. The van der Waals surface area contributed by atoms with Gasteiger partial charge < -0.3 is 5.32 Å². The summed E-state index contributed by atoms with van der Waals surface area (Å²) in [6, 6.07) is 7.12. The van der Waals surface area contributed by atoms with Crippen LogP contribution in [0.5, 0.6) is 0 Å². The van der Waals surface area contributed by atoms with Gasteiger partial charge in [0.15, 0.2) is 0 Å². The van der Waals surface area contributed by atoms with E-state index in [2.05, 4.69) is 24.3 Å². The number of carbonyl (C=O) groups excluding carboxylic acids is 1. The Morgan fingerprint density at radius 2 is 2.08 bits per heavy atom. The third kappa shape index (κ3) is 3.61. The van der Waals surface area contributed by atoms with E-state index in [-0.39, 0.29) is 12.6 Å². The first-order valence-electron chi connectivity index (χ1n) is 3.51. The predicted octanol–water partition coefficient (Wildman–Crippen LogP) is 2.50. The third-order valence-corrected chi connectivity index (χ3v) is 2.23. The second kappa shape index (κ2) is 5.56. The zero-order valence-electron chi connectivity index (χ0n) is 6.59. The summed E-state index contributed by atoms with van der Waals surface area (Å²) in [7, 11) is 0. The predicted molar refractivity (Wildman–Crippen MR) is 61.6 cm³/mol. The molecule has 1 aromatic rings. The van der Waals surface area contributed by atoms with Crippen LogP contribution in [0.25, 0.3) is 0 Å². The standard InChI is InChI=1S/C8H7BrINO2/c9-7-3-1-6(2-4-7)8(12)11-5-13-10/h1-4H,5H2,(H,11,12). The lowest BCUT2D eigenvalue weighted by Crippen LogP contribution is -2.24. The van der Waals surface area contributed by atoms with Gasteiger partial charge >= 0.3 is 0 Å². The summed E-state index contributed by atoms with van der Waals surface area (Å²) >= 11 is 5.01. The fourth-order valence-corrected chi connectivity index (χ4v) is 1.22. The van der Waals surface area contributed by atoms with E-state index >= 15 is 0 Å². The minimum atomic E-state index is -0.135. The highest BCUT2D eigenvalue weighted by atomic mass is 127. The number of amides is 1. The second-order valence-corrected chi connectivity index (χ2v) is 3.80. The zero-order chi connectivity index (χ0) is 9.68. The van der Waals surface area contributed by atoms with E-state index in [4.69, 9.17) is 0 Å². The van der Waals surface area contributed by atoms with Crippen molar-refractivity contribution in [2.75, 3.05) is 6.73 Å². The smallest absolute Gasteiger partial charge is 0.253 e. The van der Waals surface area contributed by atoms with Crippen molar-refractivity contribution in [3.63, 3.8) is 0 Å². The molecule has 70 valence electrons. The molecule has 5 heteroatoms. The Hall–Kier alpha value is -0.140. The number of hydrogen-bond acceptors (Lipinski definition) is 2. The fourth-order valence-electron chi connectivity index (χ4n) is 0.796. The van der Waals surface area contributed by atoms with Crippen molar-refractivity contribution in [2.24, 2.45) is 0 Å². The molecule has 0 spiro atoms. The van der Waals surface area contributed by atoms with Crippen molar-refractivity contribution in [2.45, 2.75) is 0 Å². The first kappa shape index (κ1) is 10.9. The third-order valence-electron chi connectivity index (χ3n) is 1.39. The van der Waals surface area contributed by atoms with E-state index in [1.165, 1.54) is 0 Å². The number of rotatable bonds is 3. The lowest BCUT2D eigenvalue weighted by atomic mass is 10.2. The number of benzene rings is 1. The van der Waals surface area contributed by atoms with E-state index in [0.29, 0.717) is 5.56 Å². The van der Waals surface area contributed by atoms with Crippen molar-refractivity contribution in [3.8, 4) is 0 Å².